The molecule has 1 aliphatic carbocycles. The number of nitrogens with one attached hydrogen (secondary N) is 1. The van der Waals surface area contributed by atoms with Gasteiger partial charge in [-0.1, -0.05) is 6.92 Å². The Hall–Kier alpha value is -2.04. The van der Waals surface area contributed by atoms with Crippen molar-refractivity contribution in [1.29, 1.82) is 0 Å². The third kappa shape index (κ3) is 3.97. The number of rotatable bonds is 4. The van der Waals surface area contributed by atoms with E-state index in [0.29, 0.717) is 23.0 Å². The highest BCUT2D eigenvalue weighted by atomic mass is 16.5. The molecule has 0 radical (unpaired) electrons. The summed E-state index contributed by atoms with van der Waals surface area (Å²) in [6.07, 6.45) is 4.32. The predicted molar refractivity (Wildman–Crippen MR) is 82.1 cm³/mol. The van der Waals surface area contributed by atoms with Crippen LogP contribution in [0.25, 0.3) is 0 Å². The molecule has 0 aliphatic heterocycles. The molecule has 0 heterocycles. The normalized spacial score (nSPS) is 20.1. The van der Waals surface area contributed by atoms with Crippen molar-refractivity contribution in [2.24, 2.45) is 11.0 Å². The largest absolute Gasteiger partial charge is 0.493 e. The van der Waals surface area contributed by atoms with Crippen LogP contribution in [0, 0.1) is 5.92 Å². The van der Waals surface area contributed by atoms with Crippen molar-refractivity contribution in [3.8, 4) is 11.5 Å². The van der Waals surface area contributed by atoms with Crippen LogP contribution in [-0.4, -0.2) is 25.8 Å². The number of hydrogen-bond acceptors (Lipinski definition) is 4. The maximum atomic E-state index is 12.1. The fraction of sp³-hybridized carbons (Fsp3) is 0.500. The third-order valence-electron chi connectivity index (χ3n) is 3.71. The number of amides is 1. The minimum atomic E-state index is -0.235. The first kappa shape index (κ1) is 15.4. The standard InChI is InChI=1S/C16H22N2O3/c1-11-5-4-6-13(9-11)17-18-16(19)12-7-8-14(20-2)15(10-12)21-3/h7-8,10-11H,4-6,9H2,1-3H3,(H,18,19)/b17-13+. The van der Waals surface area contributed by atoms with E-state index in [1.54, 1.807) is 32.4 Å². The summed E-state index contributed by atoms with van der Waals surface area (Å²) in [5.41, 5.74) is 4.20. The second-order valence-electron chi connectivity index (χ2n) is 5.39. The van der Waals surface area contributed by atoms with Crippen molar-refractivity contribution in [3.63, 3.8) is 0 Å². The predicted octanol–water partition coefficient (Wildman–Crippen LogP) is 3.00. The van der Waals surface area contributed by atoms with Crippen molar-refractivity contribution in [1.82, 2.24) is 5.43 Å². The third-order valence-corrected chi connectivity index (χ3v) is 3.71. The zero-order valence-corrected chi connectivity index (χ0v) is 12.8. The zero-order valence-electron chi connectivity index (χ0n) is 12.8. The maximum absolute atomic E-state index is 12.1. The second-order valence-corrected chi connectivity index (χ2v) is 5.39. The van der Waals surface area contributed by atoms with Gasteiger partial charge in [-0.3, -0.25) is 4.79 Å². The zero-order chi connectivity index (χ0) is 15.2. The molecule has 1 N–H and O–H groups in total. The van der Waals surface area contributed by atoms with Crippen LogP contribution in [0.15, 0.2) is 23.3 Å². The molecule has 1 amide bonds. The van der Waals surface area contributed by atoms with Gasteiger partial charge in [0.15, 0.2) is 11.5 Å². The molecule has 5 heteroatoms. The molecule has 0 aromatic heterocycles. The number of hydrogen-bond donors (Lipinski definition) is 1. The number of benzene rings is 1. The molecule has 1 aromatic rings. The topological polar surface area (TPSA) is 59.9 Å². The fourth-order valence-electron chi connectivity index (χ4n) is 2.53. The minimum Gasteiger partial charge on any atom is -0.493 e. The summed E-state index contributed by atoms with van der Waals surface area (Å²) in [4.78, 5) is 12.1. The van der Waals surface area contributed by atoms with Gasteiger partial charge in [-0.05, 0) is 49.8 Å². The highest BCUT2D eigenvalue weighted by molar-refractivity contribution is 5.96. The lowest BCUT2D eigenvalue weighted by Gasteiger charge is -2.19. The molecule has 114 valence electrons. The van der Waals surface area contributed by atoms with E-state index in [2.05, 4.69) is 17.5 Å². The Balaban J connectivity index is 2.04. The minimum absolute atomic E-state index is 0.235. The van der Waals surface area contributed by atoms with Gasteiger partial charge in [-0.2, -0.15) is 5.10 Å². The molecule has 1 saturated carbocycles. The number of carbonyl (C=O) groups is 1. The Kier molecular flexibility index (Phi) is 5.20. The van der Waals surface area contributed by atoms with Gasteiger partial charge in [0, 0.05) is 11.3 Å². The van der Waals surface area contributed by atoms with Crippen LogP contribution in [0.3, 0.4) is 0 Å². The van der Waals surface area contributed by atoms with Gasteiger partial charge in [-0.25, -0.2) is 5.43 Å². The Bertz CT molecular complexity index is 540. The first-order valence-corrected chi connectivity index (χ1v) is 7.22. The second kappa shape index (κ2) is 7.11. The van der Waals surface area contributed by atoms with E-state index in [4.69, 9.17) is 9.47 Å². The van der Waals surface area contributed by atoms with Gasteiger partial charge in [0.1, 0.15) is 0 Å². The molecule has 21 heavy (non-hydrogen) atoms. The molecule has 0 saturated heterocycles. The number of nitrogens with zero attached hydrogens (tertiary/aromatic N) is 1. The fourth-order valence-corrected chi connectivity index (χ4v) is 2.53. The molecule has 5 nitrogen and oxygen atoms in total. The summed E-state index contributed by atoms with van der Waals surface area (Å²) < 4.78 is 10.3. The number of carbonyl (C=O) groups excluding carboxylic acids is 1. The summed E-state index contributed by atoms with van der Waals surface area (Å²) in [5, 5.41) is 4.25. The van der Waals surface area contributed by atoms with Crippen LogP contribution in [0.5, 0.6) is 11.5 Å². The van der Waals surface area contributed by atoms with Crippen molar-refractivity contribution in [2.45, 2.75) is 32.6 Å². The first-order valence-electron chi connectivity index (χ1n) is 7.22. The van der Waals surface area contributed by atoms with Crippen molar-refractivity contribution in [2.75, 3.05) is 14.2 Å². The summed E-state index contributed by atoms with van der Waals surface area (Å²) in [6.45, 7) is 2.21. The van der Waals surface area contributed by atoms with E-state index in [0.717, 1.165) is 25.0 Å². The van der Waals surface area contributed by atoms with Crippen molar-refractivity contribution in [3.05, 3.63) is 23.8 Å². The lowest BCUT2D eigenvalue weighted by molar-refractivity contribution is 0.0954. The summed E-state index contributed by atoms with van der Waals surface area (Å²) in [5.74, 6) is 1.54. The molecule has 1 fully saturated rings. The molecular weight excluding hydrogens is 268 g/mol. The van der Waals surface area contributed by atoms with Crippen molar-refractivity contribution >= 4 is 11.6 Å². The number of hydrazone groups is 1. The Morgan fingerprint density at radius 2 is 2.05 bits per heavy atom. The van der Waals surface area contributed by atoms with Crippen LogP contribution < -0.4 is 14.9 Å². The van der Waals surface area contributed by atoms with E-state index in [9.17, 15) is 4.79 Å². The maximum Gasteiger partial charge on any atom is 0.271 e. The molecule has 1 atom stereocenters. The molecule has 2 rings (SSSR count). The van der Waals surface area contributed by atoms with Crippen molar-refractivity contribution < 1.29 is 14.3 Å². The molecule has 1 aromatic carbocycles. The summed E-state index contributed by atoms with van der Waals surface area (Å²) in [6, 6.07) is 5.06. The monoisotopic (exact) mass is 290 g/mol. The van der Waals surface area contributed by atoms with E-state index < -0.39 is 0 Å². The van der Waals surface area contributed by atoms with Gasteiger partial charge in [-0.15, -0.1) is 0 Å². The van der Waals surface area contributed by atoms with E-state index in [1.165, 1.54) is 6.42 Å². The average Bonchev–Trinajstić information content (AvgIpc) is 2.52. The molecular formula is C16H22N2O3. The van der Waals surface area contributed by atoms with Crippen LogP contribution in [0.2, 0.25) is 0 Å². The van der Waals surface area contributed by atoms with Gasteiger partial charge in [0.05, 0.1) is 14.2 Å². The molecule has 0 spiro atoms. The average molecular weight is 290 g/mol. The lowest BCUT2D eigenvalue weighted by atomic mass is 9.89. The van der Waals surface area contributed by atoms with Crippen LogP contribution in [-0.2, 0) is 0 Å². The number of ether oxygens (including phenoxy) is 2. The number of methoxy groups -OCH3 is 2. The molecule has 1 unspecified atom stereocenters. The smallest absolute Gasteiger partial charge is 0.271 e. The summed E-state index contributed by atoms with van der Waals surface area (Å²) in [7, 11) is 3.11. The van der Waals surface area contributed by atoms with Gasteiger partial charge in [0.25, 0.3) is 5.91 Å². The molecule has 1 aliphatic rings. The van der Waals surface area contributed by atoms with Crippen LogP contribution >= 0.6 is 0 Å². The van der Waals surface area contributed by atoms with Gasteiger partial charge >= 0.3 is 0 Å². The lowest BCUT2D eigenvalue weighted by Crippen LogP contribution is -2.22. The van der Waals surface area contributed by atoms with Gasteiger partial charge < -0.3 is 9.47 Å². The SMILES string of the molecule is COc1ccc(C(=O)N/N=C2\CCCC(C)C2)cc1OC. The van der Waals surface area contributed by atoms with E-state index in [1.807, 2.05) is 0 Å². The molecule has 0 bridgehead atoms. The van der Waals surface area contributed by atoms with Gasteiger partial charge in [0.2, 0.25) is 0 Å². The van der Waals surface area contributed by atoms with E-state index in [-0.39, 0.29) is 5.91 Å². The highest BCUT2D eigenvalue weighted by Crippen LogP contribution is 2.27. The Labute approximate surface area is 125 Å². The Morgan fingerprint density at radius 3 is 2.71 bits per heavy atom. The first-order chi connectivity index (χ1) is 10.1. The van der Waals surface area contributed by atoms with Crippen LogP contribution in [0.1, 0.15) is 43.0 Å². The summed E-state index contributed by atoms with van der Waals surface area (Å²) >= 11 is 0. The van der Waals surface area contributed by atoms with E-state index >= 15 is 0 Å². The quantitative estimate of drug-likeness (QED) is 0.867. The Morgan fingerprint density at radius 1 is 1.29 bits per heavy atom. The van der Waals surface area contributed by atoms with Crippen LogP contribution in [0.4, 0.5) is 0 Å². The highest BCUT2D eigenvalue weighted by Gasteiger charge is 2.15.